The Hall–Kier alpha value is -1.40. The molecule has 2 saturated heterocycles. The molecule has 2 aliphatic rings. The molecule has 2 N–H and O–H groups in total. The summed E-state index contributed by atoms with van der Waals surface area (Å²) in [5, 5.41) is 18.3. The zero-order valence-corrected chi connectivity index (χ0v) is 15.0. The molecule has 6 heteroatoms. The highest BCUT2D eigenvalue weighted by molar-refractivity contribution is 5.79. The predicted molar refractivity (Wildman–Crippen MR) is 90.6 cm³/mol. The zero-order chi connectivity index (χ0) is 17.3. The third-order valence-corrected chi connectivity index (χ3v) is 6.02. The zero-order valence-electron chi connectivity index (χ0n) is 15.0. The second-order valence-corrected chi connectivity index (χ2v) is 7.46. The Kier molecular flexibility index (Phi) is 4.97. The first-order valence-electron chi connectivity index (χ1n) is 9.00. The van der Waals surface area contributed by atoms with E-state index in [2.05, 4.69) is 17.1 Å². The summed E-state index contributed by atoms with van der Waals surface area (Å²) in [6, 6.07) is 0. The number of hydrogen-bond acceptors (Lipinski definition) is 4. The molecule has 0 aromatic carbocycles. The number of carbonyl (C=O) groups excluding carboxylic acids is 1. The Balaban J connectivity index is 1.63. The van der Waals surface area contributed by atoms with Crippen LogP contribution in [-0.2, 0) is 16.0 Å². The Morgan fingerprint density at radius 2 is 2.12 bits per heavy atom. The van der Waals surface area contributed by atoms with Gasteiger partial charge in [-0.25, -0.2) is 0 Å². The fourth-order valence-corrected chi connectivity index (χ4v) is 4.27. The van der Waals surface area contributed by atoms with E-state index in [0.29, 0.717) is 25.9 Å². The molecule has 0 bridgehead atoms. The first-order chi connectivity index (χ1) is 11.4. The van der Waals surface area contributed by atoms with Gasteiger partial charge in [0.05, 0.1) is 17.7 Å². The van der Waals surface area contributed by atoms with Crippen LogP contribution in [0.2, 0.25) is 0 Å². The van der Waals surface area contributed by atoms with Crippen molar-refractivity contribution in [2.24, 2.45) is 11.8 Å². The fourth-order valence-electron chi connectivity index (χ4n) is 4.27. The SMILES string of the molecule is Cc1n[nH]c(C)c1CC(=O)N1CC[C@@](O)(C2CCOCC2)[C@H](C)C1. The molecule has 2 fully saturated rings. The maximum absolute atomic E-state index is 12.7. The lowest BCUT2D eigenvalue weighted by Gasteiger charge is -2.48. The van der Waals surface area contributed by atoms with Crippen molar-refractivity contribution in [2.45, 2.75) is 52.1 Å². The summed E-state index contributed by atoms with van der Waals surface area (Å²) >= 11 is 0. The predicted octanol–water partition coefficient (Wildman–Crippen LogP) is 1.60. The molecule has 0 unspecified atom stereocenters. The number of hydrogen-bond donors (Lipinski definition) is 2. The van der Waals surface area contributed by atoms with Crippen molar-refractivity contribution in [3.63, 3.8) is 0 Å². The molecule has 0 aliphatic carbocycles. The van der Waals surface area contributed by atoms with Gasteiger partial charge in [-0.2, -0.15) is 5.10 Å². The summed E-state index contributed by atoms with van der Waals surface area (Å²) in [4.78, 5) is 14.6. The molecule has 1 aromatic heterocycles. The van der Waals surface area contributed by atoms with E-state index < -0.39 is 5.60 Å². The van der Waals surface area contributed by atoms with E-state index in [1.165, 1.54) is 0 Å². The minimum absolute atomic E-state index is 0.0878. The van der Waals surface area contributed by atoms with Gasteiger partial charge in [0.2, 0.25) is 5.91 Å². The third-order valence-electron chi connectivity index (χ3n) is 6.02. The molecule has 1 aromatic rings. The van der Waals surface area contributed by atoms with E-state index in [0.717, 1.165) is 43.0 Å². The monoisotopic (exact) mass is 335 g/mol. The summed E-state index contributed by atoms with van der Waals surface area (Å²) in [6.07, 6.45) is 2.88. The maximum atomic E-state index is 12.7. The van der Waals surface area contributed by atoms with Gasteiger partial charge in [0.1, 0.15) is 0 Å². The van der Waals surface area contributed by atoms with Crippen LogP contribution in [0.1, 0.15) is 43.1 Å². The molecule has 24 heavy (non-hydrogen) atoms. The Morgan fingerprint density at radius 1 is 1.42 bits per heavy atom. The average Bonchev–Trinajstić information content (AvgIpc) is 2.90. The normalized spacial score (nSPS) is 29.0. The molecule has 0 radical (unpaired) electrons. The van der Waals surface area contributed by atoms with Crippen LogP contribution < -0.4 is 0 Å². The van der Waals surface area contributed by atoms with Gasteiger partial charge in [-0.3, -0.25) is 9.89 Å². The molecule has 1 amide bonds. The molecule has 0 saturated carbocycles. The van der Waals surface area contributed by atoms with Gasteiger partial charge in [-0.15, -0.1) is 0 Å². The van der Waals surface area contributed by atoms with Crippen molar-refractivity contribution in [3.05, 3.63) is 17.0 Å². The fraction of sp³-hybridized carbons (Fsp3) is 0.778. The topological polar surface area (TPSA) is 78.5 Å². The minimum atomic E-state index is -0.665. The highest BCUT2D eigenvalue weighted by Crippen LogP contribution is 2.39. The summed E-state index contributed by atoms with van der Waals surface area (Å²) < 4.78 is 5.43. The van der Waals surface area contributed by atoms with Crippen LogP contribution in [0.3, 0.4) is 0 Å². The van der Waals surface area contributed by atoms with E-state index in [4.69, 9.17) is 4.74 Å². The molecule has 0 spiro atoms. The van der Waals surface area contributed by atoms with Crippen LogP contribution in [0.5, 0.6) is 0 Å². The number of amides is 1. The summed E-state index contributed by atoms with van der Waals surface area (Å²) in [5.41, 5.74) is 2.19. The largest absolute Gasteiger partial charge is 0.389 e. The number of aryl methyl sites for hydroxylation is 2. The summed E-state index contributed by atoms with van der Waals surface area (Å²) in [7, 11) is 0. The smallest absolute Gasteiger partial charge is 0.227 e. The van der Waals surface area contributed by atoms with Crippen molar-refractivity contribution in [1.82, 2.24) is 15.1 Å². The van der Waals surface area contributed by atoms with Crippen molar-refractivity contribution >= 4 is 5.91 Å². The molecular formula is C18H29N3O3. The van der Waals surface area contributed by atoms with Crippen LogP contribution in [0.15, 0.2) is 0 Å². The van der Waals surface area contributed by atoms with Gasteiger partial charge in [-0.1, -0.05) is 6.92 Å². The van der Waals surface area contributed by atoms with Crippen molar-refractivity contribution in [2.75, 3.05) is 26.3 Å². The van der Waals surface area contributed by atoms with Gasteiger partial charge in [0, 0.05) is 43.5 Å². The second kappa shape index (κ2) is 6.84. The number of H-pyrrole nitrogens is 1. The lowest BCUT2D eigenvalue weighted by Crippen LogP contribution is -2.57. The number of nitrogens with one attached hydrogen (secondary N) is 1. The highest BCUT2D eigenvalue weighted by atomic mass is 16.5. The average molecular weight is 335 g/mol. The van der Waals surface area contributed by atoms with Gasteiger partial charge < -0.3 is 14.7 Å². The number of aromatic amines is 1. The van der Waals surface area contributed by atoms with Crippen LogP contribution in [0.25, 0.3) is 0 Å². The first kappa shape index (κ1) is 17.4. The Morgan fingerprint density at radius 3 is 2.71 bits per heavy atom. The molecule has 2 aliphatic heterocycles. The number of ether oxygens (including phenoxy) is 1. The number of rotatable bonds is 3. The van der Waals surface area contributed by atoms with Crippen LogP contribution >= 0.6 is 0 Å². The molecule has 3 rings (SSSR count). The van der Waals surface area contributed by atoms with Crippen molar-refractivity contribution in [1.29, 1.82) is 0 Å². The number of likely N-dealkylation sites (tertiary alicyclic amines) is 1. The first-order valence-corrected chi connectivity index (χ1v) is 9.00. The Labute approximate surface area is 143 Å². The molecule has 134 valence electrons. The number of carbonyl (C=O) groups is 1. The van der Waals surface area contributed by atoms with Crippen LogP contribution in [0, 0.1) is 25.7 Å². The van der Waals surface area contributed by atoms with Gasteiger partial charge in [0.15, 0.2) is 0 Å². The third kappa shape index (κ3) is 3.22. The molecular weight excluding hydrogens is 306 g/mol. The lowest BCUT2D eigenvalue weighted by atomic mass is 9.70. The van der Waals surface area contributed by atoms with Gasteiger partial charge in [0.25, 0.3) is 0 Å². The second-order valence-electron chi connectivity index (χ2n) is 7.46. The highest BCUT2D eigenvalue weighted by Gasteiger charge is 2.45. The molecule has 3 heterocycles. The number of piperidine rings is 1. The minimum Gasteiger partial charge on any atom is -0.389 e. The van der Waals surface area contributed by atoms with Crippen molar-refractivity contribution in [3.8, 4) is 0 Å². The van der Waals surface area contributed by atoms with Crippen molar-refractivity contribution < 1.29 is 14.6 Å². The number of aromatic nitrogens is 2. The lowest BCUT2D eigenvalue weighted by molar-refractivity contribution is -0.150. The summed E-state index contributed by atoms with van der Waals surface area (Å²) in [6.45, 7) is 8.68. The standard InChI is InChI=1S/C18H29N3O3/c1-12-11-21(17(22)10-16-13(2)19-20-14(16)3)7-6-18(12,23)15-4-8-24-9-5-15/h12,15,23H,4-11H2,1-3H3,(H,19,20)/t12-,18+/m1/s1. The number of aliphatic hydroxyl groups is 1. The van der Waals surface area contributed by atoms with Crippen LogP contribution in [-0.4, -0.2) is 58.0 Å². The molecule has 2 atom stereocenters. The quantitative estimate of drug-likeness (QED) is 0.879. The Bertz CT molecular complexity index is 575. The van der Waals surface area contributed by atoms with Crippen LogP contribution in [0.4, 0.5) is 0 Å². The molecule has 6 nitrogen and oxygen atoms in total. The number of nitrogens with zero attached hydrogens (tertiary/aromatic N) is 2. The van der Waals surface area contributed by atoms with Gasteiger partial charge in [-0.05, 0) is 39.0 Å². The van der Waals surface area contributed by atoms with E-state index in [9.17, 15) is 9.90 Å². The summed E-state index contributed by atoms with van der Waals surface area (Å²) in [5.74, 6) is 0.505. The van der Waals surface area contributed by atoms with E-state index in [1.807, 2.05) is 18.7 Å². The van der Waals surface area contributed by atoms with Gasteiger partial charge >= 0.3 is 0 Å². The van der Waals surface area contributed by atoms with E-state index >= 15 is 0 Å². The maximum Gasteiger partial charge on any atom is 0.227 e. The van der Waals surface area contributed by atoms with E-state index in [1.54, 1.807) is 0 Å². The van der Waals surface area contributed by atoms with E-state index in [-0.39, 0.29) is 17.7 Å².